The molecule has 0 spiro atoms. The van der Waals surface area contributed by atoms with Gasteiger partial charge < -0.3 is 24.7 Å². The molecule has 0 radical (unpaired) electrons. The average Bonchev–Trinajstić information content (AvgIpc) is 2.81. The third-order valence-electron chi connectivity index (χ3n) is 5.75. The molecule has 2 aromatic rings. The Labute approximate surface area is 200 Å². The van der Waals surface area contributed by atoms with Crippen LogP contribution < -0.4 is 15.2 Å². The standard InChI is InChI=1S/C25H23ClFNO6/c1-31-19-11-14(10-16(26)23(19)33-12-13-5-3-6-15(27)9-13)20-21-17(29)7-4-8-18(21)34-24(28)22(20)25(30)32-2/h3,5-6,9-11,20H,4,7-8,12,28H2,1-2H3/t20-/m1/s1. The van der Waals surface area contributed by atoms with E-state index in [9.17, 15) is 14.0 Å². The zero-order valence-electron chi connectivity index (χ0n) is 18.7. The lowest BCUT2D eigenvalue weighted by Gasteiger charge is -2.32. The molecule has 1 aliphatic carbocycles. The summed E-state index contributed by atoms with van der Waals surface area (Å²) < 4.78 is 35.4. The van der Waals surface area contributed by atoms with Crippen molar-refractivity contribution < 1.29 is 32.9 Å². The first kappa shape index (κ1) is 23.6. The van der Waals surface area contributed by atoms with E-state index < -0.39 is 11.9 Å². The zero-order valence-corrected chi connectivity index (χ0v) is 19.4. The number of Topliss-reactive ketones (excluding diaryl/α,β-unsaturated/α-hetero) is 1. The van der Waals surface area contributed by atoms with Crippen molar-refractivity contribution in [1.82, 2.24) is 0 Å². The van der Waals surface area contributed by atoms with E-state index in [1.807, 2.05) is 0 Å². The van der Waals surface area contributed by atoms with Gasteiger partial charge in [-0.15, -0.1) is 0 Å². The minimum Gasteiger partial charge on any atom is -0.493 e. The van der Waals surface area contributed by atoms with Gasteiger partial charge in [0.05, 0.1) is 25.2 Å². The molecule has 2 aromatic carbocycles. The van der Waals surface area contributed by atoms with E-state index in [1.165, 1.54) is 26.4 Å². The zero-order chi connectivity index (χ0) is 24.4. The van der Waals surface area contributed by atoms with Gasteiger partial charge in [-0.3, -0.25) is 4.79 Å². The Balaban J connectivity index is 1.77. The first-order valence-electron chi connectivity index (χ1n) is 10.6. The quantitative estimate of drug-likeness (QED) is 0.598. The second-order valence-corrected chi connectivity index (χ2v) is 8.28. The Morgan fingerprint density at radius 3 is 2.74 bits per heavy atom. The Hall–Kier alpha value is -3.52. The average molecular weight is 488 g/mol. The van der Waals surface area contributed by atoms with Crippen LogP contribution in [-0.2, 0) is 25.7 Å². The summed E-state index contributed by atoms with van der Waals surface area (Å²) in [4.78, 5) is 25.5. The molecule has 7 nitrogen and oxygen atoms in total. The van der Waals surface area contributed by atoms with Crippen LogP contribution in [-0.4, -0.2) is 26.0 Å². The maximum Gasteiger partial charge on any atom is 0.340 e. The number of rotatable bonds is 6. The normalized spacial score (nSPS) is 17.8. The molecule has 0 saturated carbocycles. The highest BCUT2D eigenvalue weighted by Gasteiger charge is 2.41. The lowest BCUT2D eigenvalue weighted by molar-refractivity contribution is -0.136. The molecule has 2 aliphatic rings. The Morgan fingerprint density at radius 2 is 2.03 bits per heavy atom. The Morgan fingerprint density at radius 1 is 1.24 bits per heavy atom. The highest BCUT2D eigenvalue weighted by atomic mass is 35.5. The summed E-state index contributed by atoms with van der Waals surface area (Å²) in [5, 5.41) is 0.186. The van der Waals surface area contributed by atoms with Gasteiger partial charge in [-0.05, 0) is 41.8 Å². The van der Waals surface area contributed by atoms with Crippen LogP contribution >= 0.6 is 11.6 Å². The van der Waals surface area contributed by atoms with Gasteiger partial charge in [0.2, 0.25) is 5.88 Å². The van der Waals surface area contributed by atoms with E-state index in [0.29, 0.717) is 41.7 Å². The Kier molecular flexibility index (Phi) is 6.79. The SMILES string of the molecule is COC(=O)C1=C(N)OC2=C(C(=O)CCC2)[C@H]1c1cc(Cl)c(OCc2cccc(F)c2)c(OC)c1. The van der Waals surface area contributed by atoms with E-state index in [2.05, 4.69) is 0 Å². The van der Waals surface area contributed by atoms with Crippen molar-refractivity contribution in [2.45, 2.75) is 31.8 Å². The molecule has 0 unspecified atom stereocenters. The number of carbonyl (C=O) groups is 2. The number of halogens is 2. The van der Waals surface area contributed by atoms with Crippen LogP contribution in [0.25, 0.3) is 0 Å². The van der Waals surface area contributed by atoms with E-state index in [1.54, 1.807) is 24.3 Å². The fourth-order valence-corrected chi connectivity index (χ4v) is 4.50. The molecule has 178 valence electrons. The van der Waals surface area contributed by atoms with E-state index >= 15 is 0 Å². The molecule has 0 aromatic heterocycles. The number of ether oxygens (including phenoxy) is 4. The smallest absolute Gasteiger partial charge is 0.340 e. The number of hydrogen-bond acceptors (Lipinski definition) is 7. The summed E-state index contributed by atoms with van der Waals surface area (Å²) in [7, 11) is 2.67. The third-order valence-corrected chi connectivity index (χ3v) is 6.03. The van der Waals surface area contributed by atoms with Crippen LogP contribution in [0.3, 0.4) is 0 Å². The summed E-state index contributed by atoms with van der Waals surface area (Å²) in [5.74, 6) is -1.23. The topological polar surface area (TPSA) is 97.1 Å². The van der Waals surface area contributed by atoms with Crippen LogP contribution in [0.1, 0.15) is 36.3 Å². The van der Waals surface area contributed by atoms with Gasteiger partial charge in [0.25, 0.3) is 0 Å². The van der Waals surface area contributed by atoms with Gasteiger partial charge in [-0.25, -0.2) is 9.18 Å². The highest BCUT2D eigenvalue weighted by molar-refractivity contribution is 6.32. The second-order valence-electron chi connectivity index (χ2n) is 7.87. The van der Waals surface area contributed by atoms with Crippen molar-refractivity contribution in [3.8, 4) is 11.5 Å². The predicted octanol–water partition coefficient (Wildman–Crippen LogP) is 4.53. The van der Waals surface area contributed by atoms with Crippen LogP contribution in [0.4, 0.5) is 4.39 Å². The molecule has 1 atom stereocenters. The molecule has 2 N–H and O–H groups in total. The van der Waals surface area contributed by atoms with Crippen molar-refractivity contribution in [3.05, 3.63) is 81.2 Å². The predicted molar refractivity (Wildman–Crippen MR) is 122 cm³/mol. The van der Waals surface area contributed by atoms with Gasteiger partial charge in [-0.1, -0.05) is 23.7 Å². The maximum absolute atomic E-state index is 13.5. The van der Waals surface area contributed by atoms with Gasteiger partial charge in [-0.2, -0.15) is 0 Å². The van der Waals surface area contributed by atoms with Crippen LogP contribution in [0.5, 0.6) is 11.5 Å². The minimum absolute atomic E-state index is 0.0167. The number of carbonyl (C=O) groups excluding carboxylic acids is 2. The van der Waals surface area contributed by atoms with E-state index in [0.717, 1.165) is 0 Å². The van der Waals surface area contributed by atoms with Crippen molar-refractivity contribution in [1.29, 1.82) is 0 Å². The number of allylic oxidation sites excluding steroid dienone is 2. The molecule has 1 heterocycles. The lowest BCUT2D eigenvalue weighted by Crippen LogP contribution is -2.31. The van der Waals surface area contributed by atoms with Crippen LogP contribution in [0, 0.1) is 5.82 Å². The van der Waals surface area contributed by atoms with Gasteiger partial charge >= 0.3 is 5.97 Å². The van der Waals surface area contributed by atoms with Crippen LogP contribution in [0.2, 0.25) is 5.02 Å². The summed E-state index contributed by atoms with van der Waals surface area (Å²) in [6.45, 7) is 0.0541. The number of benzene rings is 2. The molecule has 0 amide bonds. The fraction of sp³-hybridized carbons (Fsp3) is 0.280. The molecule has 9 heteroatoms. The number of ketones is 1. The largest absolute Gasteiger partial charge is 0.493 e. The number of nitrogens with two attached hydrogens (primary N) is 1. The maximum atomic E-state index is 13.5. The van der Waals surface area contributed by atoms with Crippen molar-refractivity contribution in [2.75, 3.05) is 14.2 Å². The van der Waals surface area contributed by atoms with Crippen molar-refractivity contribution >= 4 is 23.4 Å². The summed E-state index contributed by atoms with van der Waals surface area (Å²) >= 11 is 6.56. The van der Waals surface area contributed by atoms with Crippen LogP contribution in [0.15, 0.2) is 59.2 Å². The first-order chi connectivity index (χ1) is 16.3. The van der Waals surface area contributed by atoms with E-state index in [-0.39, 0.29) is 46.2 Å². The molecular formula is C25H23ClFNO6. The number of esters is 1. The first-order valence-corrected chi connectivity index (χ1v) is 11.0. The fourth-order valence-electron chi connectivity index (χ4n) is 4.23. The second kappa shape index (κ2) is 9.77. The van der Waals surface area contributed by atoms with Gasteiger partial charge in [0.15, 0.2) is 17.3 Å². The number of methoxy groups -OCH3 is 2. The van der Waals surface area contributed by atoms with Crippen molar-refractivity contribution in [2.24, 2.45) is 5.73 Å². The monoisotopic (exact) mass is 487 g/mol. The Bertz CT molecular complexity index is 1220. The minimum atomic E-state index is -0.840. The molecule has 0 saturated heterocycles. The third kappa shape index (κ3) is 4.46. The van der Waals surface area contributed by atoms with E-state index in [4.69, 9.17) is 36.3 Å². The molecule has 34 heavy (non-hydrogen) atoms. The lowest BCUT2D eigenvalue weighted by atomic mass is 9.77. The molecular weight excluding hydrogens is 465 g/mol. The van der Waals surface area contributed by atoms with Gasteiger partial charge in [0, 0.05) is 18.4 Å². The molecule has 4 rings (SSSR count). The van der Waals surface area contributed by atoms with Gasteiger partial charge in [0.1, 0.15) is 23.8 Å². The molecule has 0 bridgehead atoms. The van der Waals surface area contributed by atoms with Crippen molar-refractivity contribution in [3.63, 3.8) is 0 Å². The molecule has 1 aliphatic heterocycles. The highest BCUT2D eigenvalue weighted by Crippen LogP contribution is 2.47. The summed E-state index contributed by atoms with van der Waals surface area (Å²) in [5.41, 5.74) is 7.56. The molecule has 0 fully saturated rings. The summed E-state index contributed by atoms with van der Waals surface area (Å²) in [6.07, 6.45) is 1.47. The number of hydrogen-bond donors (Lipinski definition) is 1. The summed E-state index contributed by atoms with van der Waals surface area (Å²) in [6, 6.07) is 9.22.